The molecule has 0 aliphatic heterocycles. The van der Waals surface area contributed by atoms with Gasteiger partial charge in [0.25, 0.3) is 0 Å². The van der Waals surface area contributed by atoms with Crippen LogP contribution in [0.15, 0.2) is 29.6 Å². The predicted molar refractivity (Wildman–Crippen MR) is 78.8 cm³/mol. The van der Waals surface area contributed by atoms with E-state index < -0.39 is 0 Å². The zero-order valence-corrected chi connectivity index (χ0v) is 12.1. The smallest absolute Gasteiger partial charge is 0.123 e. The Morgan fingerprint density at radius 1 is 1.28 bits per heavy atom. The van der Waals surface area contributed by atoms with Crippen molar-refractivity contribution in [2.75, 3.05) is 6.54 Å². The Balaban J connectivity index is 2.24. The highest BCUT2D eigenvalue weighted by Crippen LogP contribution is 2.29. The summed E-state index contributed by atoms with van der Waals surface area (Å²) in [5.74, 6) is 0. The Bertz CT molecular complexity index is 529. The number of aryl methyl sites for hydroxylation is 1. The van der Waals surface area contributed by atoms with Crippen LogP contribution in [0, 0.1) is 12.3 Å². The minimum atomic E-state index is 0.122. The summed E-state index contributed by atoms with van der Waals surface area (Å²) < 4.78 is 0. The first-order valence-corrected chi connectivity index (χ1v) is 7.10. The van der Waals surface area contributed by atoms with E-state index in [1.807, 2.05) is 0 Å². The second-order valence-corrected chi connectivity index (χ2v) is 6.36. The fourth-order valence-corrected chi connectivity index (χ4v) is 2.80. The van der Waals surface area contributed by atoms with Crippen LogP contribution < -0.4 is 5.73 Å². The van der Waals surface area contributed by atoms with E-state index >= 15 is 0 Å². The van der Waals surface area contributed by atoms with Gasteiger partial charge in [-0.1, -0.05) is 38.1 Å². The average Bonchev–Trinajstić information content (AvgIpc) is 2.77. The topological polar surface area (TPSA) is 38.9 Å². The summed E-state index contributed by atoms with van der Waals surface area (Å²) in [7, 11) is 0. The number of benzene rings is 1. The monoisotopic (exact) mass is 260 g/mol. The maximum atomic E-state index is 5.77. The van der Waals surface area contributed by atoms with Gasteiger partial charge in [-0.15, -0.1) is 11.3 Å². The molecule has 0 atom stereocenters. The first-order chi connectivity index (χ1) is 8.52. The summed E-state index contributed by atoms with van der Waals surface area (Å²) in [5, 5.41) is 3.26. The van der Waals surface area contributed by atoms with E-state index in [9.17, 15) is 0 Å². The van der Waals surface area contributed by atoms with Crippen LogP contribution in [0.2, 0.25) is 0 Å². The van der Waals surface area contributed by atoms with Crippen LogP contribution in [0.25, 0.3) is 10.6 Å². The molecule has 0 unspecified atom stereocenters. The summed E-state index contributed by atoms with van der Waals surface area (Å²) in [4.78, 5) is 4.74. The minimum absolute atomic E-state index is 0.122. The third-order valence-electron chi connectivity index (χ3n) is 3.14. The molecule has 0 saturated heterocycles. The highest BCUT2D eigenvalue weighted by molar-refractivity contribution is 7.13. The molecule has 0 fully saturated rings. The first kappa shape index (κ1) is 13.2. The SMILES string of the molecule is Cc1ccccc1-c1nc(CC(C)(C)CN)cs1. The van der Waals surface area contributed by atoms with Crippen LogP contribution in [0.3, 0.4) is 0 Å². The van der Waals surface area contributed by atoms with Gasteiger partial charge in [0, 0.05) is 10.9 Å². The van der Waals surface area contributed by atoms with Crippen molar-refractivity contribution in [3.05, 3.63) is 40.9 Å². The van der Waals surface area contributed by atoms with Gasteiger partial charge in [0.05, 0.1) is 5.69 Å². The standard InChI is InChI=1S/C15H20N2S/c1-11-6-4-5-7-13(11)14-17-12(9-18-14)8-15(2,3)10-16/h4-7,9H,8,10,16H2,1-3H3. The molecule has 1 aromatic carbocycles. The second kappa shape index (κ2) is 5.21. The van der Waals surface area contributed by atoms with Gasteiger partial charge < -0.3 is 5.73 Å². The lowest BCUT2D eigenvalue weighted by Gasteiger charge is -2.20. The van der Waals surface area contributed by atoms with Gasteiger partial charge in [-0.3, -0.25) is 0 Å². The second-order valence-electron chi connectivity index (χ2n) is 5.50. The molecule has 0 aliphatic rings. The van der Waals surface area contributed by atoms with E-state index in [1.54, 1.807) is 11.3 Å². The number of nitrogens with zero attached hydrogens (tertiary/aromatic N) is 1. The van der Waals surface area contributed by atoms with Crippen molar-refractivity contribution in [3.8, 4) is 10.6 Å². The van der Waals surface area contributed by atoms with Crippen LogP contribution in [0.1, 0.15) is 25.1 Å². The Morgan fingerprint density at radius 2 is 2.00 bits per heavy atom. The molecule has 0 aliphatic carbocycles. The predicted octanol–water partition coefficient (Wildman–Crippen LogP) is 3.65. The number of nitrogens with two attached hydrogens (primary N) is 1. The molecular weight excluding hydrogens is 240 g/mol. The summed E-state index contributed by atoms with van der Waals surface area (Å²) in [6.45, 7) is 7.17. The van der Waals surface area contributed by atoms with Crippen molar-refractivity contribution in [3.63, 3.8) is 0 Å². The molecule has 1 aromatic heterocycles. The minimum Gasteiger partial charge on any atom is -0.330 e. The van der Waals surface area contributed by atoms with Gasteiger partial charge >= 0.3 is 0 Å². The molecule has 2 nitrogen and oxygen atoms in total. The third-order valence-corrected chi connectivity index (χ3v) is 4.06. The van der Waals surface area contributed by atoms with Gasteiger partial charge in [-0.25, -0.2) is 4.98 Å². The molecule has 0 saturated carbocycles. The van der Waals surface area contributed by atoms with Gasteiger partial charge in [-0.05, 0) is 30.9 Å². The zero-order chi connectivity index (χ0) is 13.2. The molecular formula is C15H20N2S. The molecule has 0 amide bonds. The highest BCUT2D eigenvalue weighted by atomic mass is 32.1. The lowest BCUT2D eigenvalue weighted by molar-refractivity contribution is 0.373. The largest absolute Gasteiger partial charge is 0.330 e. The van der Waals surface area contributed by atoms with Crippen LogP contribution in [-0.2, 0) is 6.42 Å². The number of aromatic nitrogens is 1. The van der Waals surface area contributed by atoms with E-state index in [0.29, 0.717) is 6.54 Å². The summed E-state index contributed by atoms with van der Waals surface area (Å²) in [6.07, 6.45) is 0.936. The Labute approximate surface area is 113 Å². The fraction of sp³-hybridized carbons (Fsp3) is 0.400. The maximum Gasteiger partial charge on any atom is 0.123 e. The number of hydrogen-bond donors (Lipinski definition) is 1. The van der Waals surface area contributed by atoms with Gasteiger partial charge in [0.2, 0.25) is 0 Å². The van der Waals surface area contributed by atoms with E-state index in [4.69, 9.17) is 10.7 Å². The van der Waals surface area contributed by atoms with Crippen molar-refractivity contribution < 1.29 is 0 Å². The molecule has 0 bridgehead atoms. The average molecular weight is 260 g/mol. The number of rotatable bonds is 4. The van der Waals surface area contributed by atoms with E-state index in [1.165, 1.54) is 11.1 Å². The number of thiazole rings is 1. The lowest BCUT2D eigenvalue weighted by atomic mass is 9.88. The van der Waals surface area contributed by atoms with Gasteiger partial charge in [0.15, 0.2) is 0 Å². The molecule has 1 heterocycles. The van der Waals surface area contributed by atoms with Crippen molar-refractivity contribution >= 4 is 11.3 Å². The fourth-order valence-electron chi connectivity index (χ4n) is 1.89. The molecule has 3 heteroatoms. The lowest BCUT2D eigenvalue weighted by Crippen LogP contribution is -2.26. The molecule has 0 radical (unpaired) electrons. The van der Waals surface area contributed by atoms with Crippen molar-refractivity contribution in [1.29, 1.82) is 0 Å². The molecule has 2 N–H and O–H groups in total. The molecule has 96 valence electrons. The maximum absolute atomic E-state index is 5.77. The molecule has 2 rings (SSSR count). The summed E-state index contributed by atoms with van der Waals surface area (Å²) in [5.41, 5.74) is 9.55. The van der Waals surface area contributed by atoms with Crippen LogP contribution in [0.4, 0.5) is 0 Å². The third kappa shape index (κ3) is 2.98. The highest BCUT2D eigenvalue weighted by Gasteiger charge is 2.18. The van der Waals surface area contributed by atoms with Crippen LogP contribution >= 0.6 is 11.3 Å². The van der Waals surface area contributed by atoms with Gasteiger partial charge in [-0.2, -0.15) is 0 Å². The van der Waals surface area contributed by atoms with E-state index in [0.717, 1.165) is 17.1 Å². The molecule has 0 spiro atoms. The molecule has 18 heavy (non-hydrogen) atoms. The van der Waals surface area contributed by atoms with Crippen molar-refractivity contribution in [2.24, 2.45) is 11.1 Å². The number of hydrogen-bond acceptors (Lipinski definition) is 3. The summed E-state index contributed by atoms with van der Waals surface area (Å²) >= 11 is 1.72. The van der Waals surface area contributed by atoms with Crippen LogP contribution in [-0.4, -0.2) is 11.5 Å². The quantitative estimate of drug-likeness (QED) is 0.911. The first-order valence-electron chi connectivity index (χ1n) is 6.22. The Morgan fingerprint density at radius 3 is 2.67 bits per heavy atom. The van der Waals surface area contributed by atoms with E-state index in [-0.39, 0.29) is 5.41 Å². The van der Waals surface area contributed by atoms with Crippen LogP contribution in [0.5, 0.6) is 0 Å². The Hall–Kier alpha value is -1.19. The van der Waals surface area contributed by atoms with E-state index in [2.05, 4.69) is 50.4 Å². The summed E-state index contributed by atoms with van der Waals surface area (Å²) in [6, 6.07) is 8.38. The van der Waals surface area contributed by atoms with Gasteiger partial charge in [0.1, 0.15) is 5.01 Å². The molecule has 2 aromatic rings. The van der Waals surface area contributed by atoms with Crippen molar-refractivity contribution in [2.45, 2.75) is 27.2 Å². The Kier molecular flexibility index (Phi) is 3.83. The normalized spacial score (nSPS) is 11.8. The van der Waals surface area contributed by atoms with Crippen molar-refractivity contribution in [1.82, 2.24) is 4.98 Å². The zero-order valence-electron chi connectivity index (χ0n) is 11.2.